The van der Waals surface area contributed by atoms with E-state index in [9.17, 15) is 10.0 Å². The van der Waals surface area contributed by atoms with Gasteiger partial charge in [-0.1, -0.05) is 75.4 Å². The molecule has 0 aliphatic rings. The summed E-state index contributed by atoms with van der Waals surface area (Å²) < 4.78 is 0. The summed E-state index contributed by atoms with van der Waals surface area (Å²) in [7, 11) is -1.39. The third-order valence-corrected chi connectivity index (χ3v) is 4.05. The maximum atomic E-state index is 9.20. The smallest absolute Gasteiger partial charge is 0.423 e. The van der Waals surface area contributed by atoms with E-state index < -0.39 is 7.12 Å². The molecule has 0 fully saturated rings. The van der Waals surface area contributed by atoms with E-state index in [-0.39, 0.29) is 0 Å². The lowest BCUT2D eigenvalue weighted by atomic mass is 9.79. The lowest BCUT2D eigenvalue weighted by molar-refractivity contribution is 0.426. The highest BCUT2D eigenvalue weighted by Gasteiger charge is 2.10. The van der Waals surface area contributed by atoms with Gasteiger partial charge < -0.3 is 10.0 Å². The molecule has 2 rings (SSSR count). The Morgan fingerprint density at radius 3 is 2.24 bits per heavy atom. The molecule has 112 valence electrons. The highest BCUT2D eigenvalue weighted by molar-refractivity contribution is 6.58. The first kappa shape index (κ1) is 16.1. The second kappa shape index (κ2) is 8.21. The minimum absolute atomic E-state index is 0.547. The molecule has 3 heteroatoms. The van der Waals surface area contributed by atoms with Crippen molar-refractivity contribution in [1.29, 1.82) is 0 Å². The van der Waals surface area contributed by atoms with E-state index in [1.807, 2.05) is 12.1 Å². The minimum Gasteiger partial charge on any atom is -0.423 e. The molecule has 2 N–H and O–H groups in total. The molecule has 0 amide bonds. The summed E-state index contributed by atoms with van der Waals surface area (Å²) in [4.78, 5) is 0. The maximum Gasteiger partial charge on any atom is 0.488 e. The zero-order valence-corrected chi connectivity index (χ0v) is 12.9. The van der Waals surface area contributed by atoms with Crippen LogP contribution in [0.4, 0.5) is 0 Å². The molecule has 0 aliphatic heterocycles. The maximum absolute atomic E-state index is 9.20. The van der Waals surface area contributed by atoms with Gasteiger partial charge in [0.05, 0.1) is 0 Å². The summed E-state index contributed by atoms with van der Waals surface area (Å²) in [6, 6.07) is 12.0. The van der Waals surface area contributed by atoms with Crippen molar-refractivity contribution in [1.82, 2.24) is 0 Å². The molecule has 0 aromatic heterocycles. The number of rotatable bonds is 8. The molecule has 0 radical (unpaired) electrons. The Bertz CT molecular complexity index is 566. The highest BCUT2D eigenvalue weighted by atomic mass is 16.4. The van der Waals surface area contributed by atoms with E-state index in [0.717, 1.165) is 11.8 Å². The Labute approximate surface area is 128 Å². The number of aryl methyl sites for hydroxylation is 1. The summed E-state index contributed by atoms with van der Waals surface area (Å²) in [5, 5.41) is 20.6. The van der Waals surface area contributed by atoms with Crippen LogP contribution in [0, 0.1) is 0 Å². The van der Waals surface area contributed by atoms with Crippen molar-refractivity contribution in [2.75, 3.05) is 0 Å². The van der Waals surface area contributed by atoms with Gasteiger partial charge in [0.2, 0.25) is 0 Å². The van der Waals surface area contributed by atoms with Crippen LogP contribution in [-0.2, 0) is 6.42 Å². The first-order valence-electron chi connectivity index (χ1n) is 8.09. The second-order valence-corrected chi connectivity index (χ2v) is 5.83. The predicted molar refractivity (Wildman–Crippen MR) is 90.9 cm³/mol. The Hall–Kier alpha value is -1.32. The second-order valence-electron chi connectivity index (χ2n) is 5.83. The molecule has 2 nitrogen and oxygen atoms in total. The van der Waals surface area contributed by atoms with Gasteiger partial charge in [0.15, 0.2) is 0 Å². The summed E-state index contributed by atoms with van der Waals surface area (Å²) in [6.07, 6.45) is 9.06. The van der Waals surface area contributed by atoms with Crippen LogP contribution in [0.1, 0.15) is 51.0 Å². The fraction of sp³-hybridized carbons (Fsp3) is 0.444. The first-order valence-corrected chi connectivity index (χ1v) is 8.09. The van der Waals surface area contributed by atoms with E-state index in [1.165, 1.54) is 49.5 Å². The van der Waals surface area contributed by atoms with Crippen molar-refractivity contribution in [2.24, 2.45) is 0 Å². The van der Waals surface area contributed by atoms with Gasteiger partial charge in [-0.3, -0.25) is 0 Å². The number of fused-ring (bicyclic) bond motifs is 1. The van der Waals surface area contributed by atoms with Gasteiger partial charge in [0.1, 0.15) is 0 Å². The van der Waals surface area contributed by atoms with Crippen LogP contribution in [0.25, 0.3) is 10.8 Å². The molecule has 0 bridgehead atoms. The van der Waals surface area contributed by atoms with Gasteiger partial charge in [0, 0.05) is 0 Å². The zero-order chi connectivity index (χ0) is 15.1. The van der Waals surface area contributed by atoms with Gasteiger partial charge in [-0.15, -0.1) is 0 Å². The fourth-order valence-electron chi connectivity index (χ4n) is 2.74. The molecule has 0 atom stereocenters. The molecule has 0 saturated carbocycles. The third kappa shape index (κ3) is 4.87. The summed E-state index contributed by atoms with van der Waals surface area (Å²) in [5.41, 5.74) is 1.92. The Kier molecular flexibility index (Phi) is 6.28. The molecule has 0 spiro atoms. The van der Waals surface area contributed by atoms with Gasteiger partial charge in [-0.2, -0.15) is 0 Å². The molecule has 21 heavy (non-hydrogen) atoms. The van der Waals surface area contributed by atoms with Crippen LogP contribution < -0.4 is 5.46 Å². The molecule has 2 aromatic rings. The van der Waals surface area contributed by atoms with Crippen molar-refractivity contribution in [2.45, 2.75) is 51.9 Å². The number of hydrogen-bond acceptors (Lipinski definition) is 2. The normalized spacial score (nSPS) is 11.0. The van der Waals surface area contributed by atoms with E-state index >= 15 is 0 Å². The molecular formula is C18H25BO2. The van der Waals surface area contributed by atoms with Crippen LogP contribution in [-0.4, -0.2) is 17.2 Å². The predicted octanol–water partition coefficient (Wildman–Crippen LogP) is 3.42. The number of hydrogen-bond donors (Lipinski definition) is 2. The summed E-state index contributed by atoms with van der Waals surface area (Å²) >= 11 is 0. The summed E-state index contributed by atoms with van der Waals surface area (Å²) in [5.74, 6) is 0. The molecular weight excluding hydrogens is 259 g/mol. The quantitative estimate of drug-likeness (QED) is 0.576. The summed E-state index contributed by atoms with van der Waals surface area (Å²) in [6.45, 7) is 2.25. The monoisotopic (exact) mass is 284 g/mol. The number of unbranched alkanes of at least 4 members (excludes halogenated alkanes) is 5. The highest BCUT2D eigenvalue weighted by Crippen LogP contribution is 2.17. The van der Waals surface area contributed by atoms with Gasteiger partial charge >= 0.3 is 7.12 Å². The van der Waals surface area contributed by atoms with E-state index in [2.05, 4.69) is 25.1 Å². The largest absolute Gasteiger partial charge is 0.488 e. The Balaban J connectivity index is 1.91. The van der Waals surface area contributed by atoms with Gasteiger partial charge in [-0.05, 0) is 34.6 Å². The Morgan fingerprint density at radius 1 is 0.810 bits per heavy atom. The van der Waals surface area contributed by atoms with Crippen LogP contribution in [0.15, 0.2) is 36.4 Å². The average molecular weight is 284 g/mol. The van der Waals surface area contributed by atoms with Gasteiger partial charge in [-0.25, -0.2) is 0 Å². The zero-order valence-electron chi connectivity index (χ0n) is 12.9. The fourth-order valence-corrected chi connectivity index (χ4v) is 2.74. The van der Waals surface area contributed by atoms with Crippen LogP contribution in [0.5, 0.6) is 0 Å². The van der Waals surface area contributed by atoms with Crippen molar-refractivity contribution < 1.29 is 10.0 Å². The van der Waals surface area contributed by atoms with Crippen LogP contribution in [0.3, 0.4) is 0 Å². The van der Waals surface area contributed by atoms with Crippen molar-refractivity contribution in [3.63, 3.8) is 0 Å². The first-order chi connectivity index (χ1) is 10.2. The molecule has 0 aliphatic carbocycles. The lowest BCUT2D eigenvalue weighted by Gasteiger charge is -2.06. The third-order valence-electron chi connectivity index (χ3n) is 4.05. The van der Waals surface area contributed by atoms with Crippen molar-refractivity contribution in [3.8, 4) is 0 Å². The van der Waals surface area contributed by atoms with Crippen molar-refractivity contribution in [3.05, 3.63) is 42.0 Å². The van der Waals surface area contributed by atoms with Gasteiger partial charge in [0.25, 0.3) is 0 Å². The van der Waals surface area contributed by atoms with Crippen LogP contribution in [0.2, 0.25) is 0 Å². The molecule has 2 aromatic carbocycles. The van der Waals surface area contributed by atoms with Crippen molar-refractivity contribution >= 4 is 23.4 Å². The number of benzene rings is 2. The van der Waals surface area contributed by atoms with E-state index in [1.54, 1.807) is 6.07 Å². The minimum atomic E-state index is -1.39. The topological polar surface area (TPSA) is 40.5 Å². The molecule has 0 heterocycles. The van der Waals surface area contributed by atoms with E-state index in [4.69, 9.17) is 0 Å². The average Bonchev–Trinajstić information content (AvgIpc) is 2.50. The molecule has 0 unspecified atom stereocenters. The lowest BCUT2D eigenvalue weighted by Crippen LogP contribution is -2.29. The molecule has 0 saturated heterocycles. The van der Waals surface area contributed by atoms with Crippen LogP contribution >= 0.6 is 0 Å². The SMILES string of the molecule is CCCCCCCCc1ccc2cc(B(O)O)ccc2c1. The standard InChI is InChI=1S/C18H25BO2/c1-2-3-4-5-6-7-8-15-9-10-17-14-18(19(20)21)12-11-16(17)13-15/h9-14,20-21H,2-8H2,1H3. The Morgan fingerprint density at radius 2 is 1.48 bits per heavy atom. The van der Waals surface area contributed by atoms with E-state index in [0.29, 0.717) is 5.46 Å².